The predicted octanol–water partition coefficient (Wildman–Crippen LogP) is -0.537. The molecule has 0 aromatic heterocycles. The maximum absolute atomic E-state index is 5.71. The monoisotopic (exact) mass is 199 g/mol. The number of guanidine groups is 1. The summed E-state index contributed by atoms with van der Waals surface area (Å²) in [6.07, 6.45) is 1.03. The Morgan fingerprint density at radius 3 is 2.57 bits per heavy atom. The molecule has 0 aliphatic carbocycles. The van der Waals surface area contributed by atoms with Crippen molar-refractivity contribution in [2.24, 2.45) is 10.7 Å². The Hall–Kier alpha value is -0.810. The molecule has 0 bridgehead atoms. The van der Waals surface area contributed by atoms with Gasteiger partial charge >= 0.3 is 0 Å². The SMILES string of the molecule is CCCN=C(N)NN1CCN(C)CC1. The van der Waals surface area contributed by atoms with Crippen molar-refractivity contribution in [2.45, 2.75) is 13.3 Å². The maximum atomic E-state index is 5.71. The van der Waals surface area contributed by atoms with Crippen molar-refractivity contribution in [3.8, 4) is 0 Å². The molecule has 0 radical (unpaired) electrons. The molecule has 0 amide bonds. The van der Waals surface area contributed by atoms with E-state index in [1.807, 2.05) is 0 Å². The van der Waals surface area contributed by atoms with Crippen LogP contribution in [0.4, 0.5) is 0 Å². The number of nitrogens with one attached hydrogen (secondary N) is 1. The summed E-state index contributed by atoms with van der Waals surface area (Å²) in [4.78, 5) is 6.49. The van der Waals surface area contributed by atoms with E-state index in [1.54, 1.807) is 0 Å². The van der Waals surface area contributed by atoms with E-state index in [9.17, 15) is 0 Å². The summed E-state index contributed by atoms with van der Waals surface area (Å²) in [7, 11) is 2.13. The number of hydrogen-bond donors (Lipinski definition) is 2. The number of likely N-dealkylation sites (N-methyl/N-ethyl adjacent to an activating group) is 1. The van der Waals surface area contributed by atoms with Crippen LogP contribution in [0.1, 0.15) is 13.3 Å². The lowest BCUT2D eigenvalue weighted by Gasteiger charge is -2.32. The first-order valence-corrected chi connectivity index (χ1v) is 5.22. The van der Waals surface area contributed by atoms with E-state index in [2.05, 4.69) is 34.3 Å². The zero-order valence-electron chi connectivity index (χ0n) is 9.16. The molecule has 0 aromatic carbocycles. The van der Waals surface area contributed by atoms with E-state index in [-0.39, 0.29) is 0 Å². The Morgan fingerprint density at radius 2 is 2.00 bits per heavy atom. The molecule has 0 aromatic rings. The van der Waals surface area contributed by atoms with Crippen LogP contribution in [0.3, 0.4) is 0 Å². The van der Waals surface area contributed by atoms with E-state index in [0.29, 0.717) is 5.96 Å². The standard InChI is InChI=1S/C9H21N5/c1-3-4-11-9(10)12-14-7-5-13(2)6-8-14/h3-8H2,1-2H3,(H3,10,11,12). The van der Waals surface area contributed by atoms with Crippen LogP contribution in [-0.4, -0.2) is 55.6 Å². The zero-order valence-corrected chi connectivity index (χ0v) is 9.16. The molecule has 0 spiro atoms. The Labute approximate surface area is 85.9 Å². The largest absolute Gasteiger partial charge is 0.369 e. The first-order valence-electron chi connectivity index (χ1n) is 5.22. The molecule has 0 saturated carbocycles. The Balaban J connectivity index is 2.23. The fourth-order valence-corrected chi connectivity index (χ4v) is 1.35. The second-order valence-corrected chi connectivity index (χ2v) is 3.67. The summed E-state index contributed by atoms with van der Waals surface area (Å²) in [5.74, 6) is 0.538. The molecule has 5 nitrogen and oxygen atoms in total. The van der Waals surface area contributed by atoms with Gasteiger partial charge in [0.25, 0.3) is 0 Å². The molecule has 0 atom stereocenters. The Morgan fingerprint density at radius 1 is 1.36 bits per heavy atom. The van der Waals surface area contributed by atoms with E-state index in [4.69, 9.17) is 5.73 Å². The molecule has 5 heteroatoms. The normalized spacial score (nSPS) is 21.1. The summed E-state index contributed by atoms with van der Waals surface area (Å²) < 4.78 is 0. The topological polar surface area (TPSA) is 56.9 Å². The molecular formula is C9H21N5. The molecule has 1 fully saturated rings. The molecule has 1 aliphatic heterocycles. The van der Waals surface area contributed by atoms with Crippen molar-refractivity contribution >= 4 is 5.96 Å². The van der Waals surface area contributed by atoms with Crippen LogP contribution < -0.4 is 11.2 Å². The first-order chi connectivity index (χ1) is 6.72. The quantitative estimate of drug-likeness (QED) is 0.473. The lowest BCUT2D eigenvalue weighted by atomic mass is 10.4. The highest BCUT2D eigenvalue weighted by Crippen LogP contribution is 1.94. The fourth-order valence-electron chi connectivity index (χ4n) is 1.35. The molecule has 3 N–H and O–H groups in total. The predicted molar refractivity (Wildman–Crippen MR) is 59.0 cm³/mol. The maximum Gasteiger partial charge on any atom is 0.203 e. The van der Waals surface area contributed by atoms with Crippen molar-refractivity contribution in [1.82, 2.24) is 15.3 Å². The second kappa shape index (κ2) is 5.82. The highest BCUT2D eigenvalue weighted by Gasteiger charge is 2.13. The molecule has 1 heterocycles. The van der Waals surface area contributed by atoms with Gasteiger partial charge in [0.1, 0.15) is 0 Å². The third kappa shape index (κ3) is 3.93. The van der Waals surface area contributed by atoms with Gasteiger partial charge in [-0.3, -0.25) is 10.4 Å². The van der Waals surface area contributed by atoms with Gasteiger partial charge in [0.2, 0.25) is 5.96 Å². The van der Waals surface area contributed by atoms with E-state index >= 15 is 0 Å². The molecule has 1 aliphatic rings. The minimum atomic E-state index is 0.538. The van der Waals surface area contributed by atoms with Gasteiger partial charge < -0.3 is 10.6 Å². The molecule has 1 rings (SSSR count). The first kappa shape index (κ1) is 11.3. The summed E-state index contributed by atoms with van der Waals surface area (Å²) >= 11 is 0. The zero-order chi connectivity index (χ0) is 10.4. The van der Waals surface area contributed by atoms with Crippen LogP contribution in [-0.2, 0) is 0 Å². The van der Waals surface area contributed by atoms with Crippen LogP contribution >= 0.6 is 0 Å². The van der Waals surface area contributed by atoms with Gasteiger partial charge in [-0.05, 0) is 13.5 Å². The summed E-state index contributed by atoms with van der Waals surface area (Å²) in [6, 6.07) is 0. The molecule has 0 unspecified atom stereocenters. The van der Waals surface area contributed by atoms with Crippen molar-refractivity contribution in [3.63, 3.8) is 0 Å². The molecule has 1 saturated heterocycles. The van der Waals surface area contributed by atoms with Gasteiger partial charge in [-0.25, -0.2) is 5.01 Å². The van der Waals surface area contributed by atoms with Gasteiger partial charge in [-0.15, -0.1) is 0 Å². The average Bonchev–Trinajstić information content (AvgIpc) is 2.18. The van der Waals surface area contributed by atoms with Gasteiger partial charge in [0.15, 0.2) is 0 Å². The molecule has 82 valence electrons. The Bertz CT molecular complexity index is 184. The van der Waals surface area contributed by atoms with Crippen molar-refractivity contribution in [1.29, 1.82) is 0 Å². The molecular weight excluding hydrogens is 178 g/mol. The number of nitrogens with zero attached hydrogens (tertiary/aromatic N) is 3. The Kier molecular flexibility index (Phi) is 4.69. The number of nitrogens with two attached hydrogens (primary N) is 1. The van der Waals surface area contributed by atoms with E-state index in [1.165, 1.54) is 0 Å². The smallest absolute Gasteiger partial charge is 0.203 e. The average molecular weight is 199 g/mol. The minimum absolute atomic E-state index is 0.538. The highest BCUT2D eigenvalue weighted by atomic mass is 15.6. The number of hydrazine groups is 1. The number of hydrogen-bond acceptors (Lipinski definition) is 3. The summed E-state index contributed by atoms with van der Waals surface area (Å²) in [5.41, 5.74) is 8.82. The van der Waals surface area contributed by atoms with Gasteiger partial charge in [0, 0.05) is 32.7 Å². The van der Waals surface area contributed by atoms with E-state index < -0.39 is 0 Å². The highest BCUT2D eigenvalue weighted by molar-refractivity contribution is 5.77. The lowest BCUT2D eigenvalue weighted by molar-refractivity contribution is 0.130. The third-order valence-electron chi connectivity index (χ3n) is 2.28. The van der Waals surface area contributed by atoms with Crippen molar-refractivity contribution in [2.75, 3.05) is 39.8 Å². The van der Waals surface area contributed by atoms with Gasteiger partial charge in [-0.1, -0.05) is 6.92 Å². The van der Waals surface area contributed by atoms with Gasteiger partial charge in [0.05, 0.1) is 0 Å². The molecule has 14 heavy (non-hydrogen) atoms. The van der Waals surface area contributed by atoms with Gasteiger partial charge in [-0.2, -0.15) is 0 Å². The van der Waals surface area contributed by atoms with E-state index in [0.717, 1.165) is 39.1 Å². The van der Waals surface area contributed by atoms with Crippen molar-refractivity contribution in [3.05, 3.63) is 0 Å². The van der Waals surface area contributed by atoms with Crippen LogP contribution in [0.15, 0.2) is 4.99 Å². The fraction of sp³-hybridized carbons (Fsp3) is 0.889. The van der Waals surface area contributed by atoms with Crippen LogP contribution in [0.5, 0.6) is 0 Å². The van der Waals surface area contributed by atoms with Crippen LogP contribution in [0.2, 0.25) is 0 Å². The second-order valence-electron chi connectivity index (χ2n) is 3.67. The number of rotatable bonds is 3. The number of aliphatic imine (C=N–C) groups is 1. The summed E-state index contributed by atoms with van der Waals surface area (Å²) in [5, 5.41) is 2.12. The van der Waals surface area contributed by atoms with Crippen LogP contribution in [0, 0.1) is 0 Å². The minimum Gasteiger partial charge on any atom is -0.369 e. The third-order valence-corrected chi connectivity index (χ3v) is 2.28. The summed E-state index contributed by atoms with van der Waals surface area (Å²) in [6.45, 7) is 7.04. The lowest BCUT2D eigenvalue weighted by Crippen LogP contribution is -2.54. The number of piperazine rings is 1. The van der Waals surface area contributed by atoms with Crippen LogP contribution in [0.25, 0.3) is 0 Å². The van der Waals surface area contributed by atoms with Crippen molar-refractivity contribution < 1.29 is 0 Å².